The Morgan fingerprint density at radius 2 is 2.24 bits per heavy atom. The third kappa shape index (κ3) is 4.51. The summed E-state index contributed by atoms with van der Waals surface area (Å²) < 4.78 is 35.4. The highest BCUT2D eigenvalue weighted by molar-refractivity contribution is 5.85. The molecule has 1 aliphatic carbocycles. The van der Waals surface area contributed by atoms with Gasteiger partial charge in [-0.15, -0.1) is 0 Å². The molecular formula is C10H17F3N2O2. The second-order valence-corrected chi connectivity index (χ2v) is 4.69. The lowest BCUT2D eigenvalue weighted by Gasteiger charge is -2.34. The monoisotopic (exact) mass is 254 g/mol. The van der Waals surface area contributed by atoms with Crippen molar-refractivity contribution in [3.63, 3.8) is 0 Å². The number of carbonyl (C=O) groups excluding carboxylic acids is 1. The van der Waals surface area contributed by atoms with Crippen LogP contribution in [-0.2, 0) is 9.63 Å². The summed E-state index contributed by atoms with van der Waals surface area (Å²) in [4.78, 5) is 15.7. The molecule has 1 rings (SSSR count). The quantitative estimate of drug-likeness (QED) is 0.750. The molecule has 1 saturated carbocycles. The van der Waals surface area contributed by atoms with Gasteiger partial charge in [0.2, 0.25) is 0 Å². The van der Waals surface area contributed by atoms with Crippen molar-refractivity contribution in [1.82, 2.24) is 5.48 Å². The van der Waals surface area contributed by atoms with Gasteiger partial charge >= 0.3 is 6.18 Å². The maximum atomic E-state index is 11.8. The lowest BCUT2D eigenvalue weighted by atomic mass is 9.77. The number of alkyl halides is 3. The average molecular weight is 254 g/mol. The molecule has 0 aromatic heterocycles. The molecule has 100 valence electrons. The first-order chi connectivity index (χ1) is 7.73. The number of nitrogens with one attached hydrogen (secondary N) is 1. The van der Waals surface area contributed by atoms with E-state index in [4.69, 9.17) is 5.73 Å². The summed E-state index contributed by atoms with van der Waals surface area (Å²) in [5.74, 6) is -0.379. The highest BCUT2D eigenvalue weighted by Crippen LogP contribution is 2.30. The van der Waals surface area contributed by atoms with Gasteiger partial charge in [0.25, 0.3) is 5.91 Å². The highest BCUT2D eigenvalue weighted by atomic mass is 19.4. The van der Waals surface area contributed by atoms with Crippen LogP contribution in [-0.4, -0.2) is 24.2 Å². The molecule has 0 aliphatic heterocycles. The van der Waals surface area contributed by atoms with Crippen molar-refractivity contribution in [2.75, 3.05) is 6.61 Å². The lowest BCUT2D eigenvalue weighted by Crippen LogP contribution is -2.56. The molecule has 0 spiro atoms. The predicted molar refractivity (Wildman–Crippen MR) is 54.7 cm³/mol. The van der Waals surface area contributed by atoms with E-state index in [1.54, 1.807) is 5.48 Å². The van der Waals surface area contributed by atoms with Crippen molar-refractivity contribution < 1.29 is 22.8 Å². The van der Waals surface area contributed by atoms with Crippen LogP contribution in [0.25, 0.3) is 0 Å². The molecule has 0 heterocycles. The molecule has 2 unspecified atom stereocenters. The Kier molecular flexibility index (Phi) is 4.37. The maximum Gasteiger partial charge on any atom is 0.414 e. The molecule has 1 aliphatic rings. The molecule has 2 atom stereocenters. The Hall–Kier alpha value is -0.820. The van der Waals surface area contributed by atoms with Crippen molar-refractivity contribution in [2.24, 2.45) is 11.7 Å². The lowest BCUT2D eigenvalue weighted by molar-refractivity contribution is -0.193. The number of amides is 1. The van der Waals surface area contributed by atoms with E-state index in [2.05, 4.69) is 4.84 Å². The molecule has 3 N–H and O–H groups in total. The fourth-order valence-electron chi connectivity index (χ4n) is 2.08. The molecule has 1 amide bonds. The normalized spacial score (nSPS) is 30.1. The zero-order chi connectivity index (χ0) is 13.1. The van der Waals surface area contributed by atoms with Gasteiger partial charge in [0, 0.05) is 0 Å². The van der Waals surface area contributed by atoms with Crippen LogP contribution in [0.3, 0.4) is 0 Å². The van der Waals surface area contributed by atoms with Crippen LogP contribution in [0.4, 0.5) is 13.2 Å². The van der Waals surface area contributed by atoms with Gasteiger partial charge in [-0.05, 0) is 18.8 Å². The molecule has 0 radical (unpaired) electrons. The number of nitrogens with two attached hydrogens (primary N) is 1. The predicted octanol–water partition coefficient (Wildman–Crippen LogP) is 1.50. The number of rotatable bonds is 3. The van der Waals surface area contributed by atoms with Crippen LogP contribution in [0, 0.1) is 5.92 Å². The van der Waals surface area contributed by atoms with Crippen molar-refractivity contribution in [3.05, 3.63) is 0 Å². The van der Waals surface area contributed by atoms with Crippen molar-refractivity contribution in [3.8, 4) is 0 Å². The summed E-state index contributed by atoms with van der Waals surface area (Å²) in [6.07, 6.45) is -1.75. The minimum absolute atomic E-state index is 0.294. The van der Waals surface area contributed by atoms with E-state index >= 15 is 0 Å². The van der Waals surface area contributed by atoms with E-state index in [9.17, 15) is 18.0 Å². The molecule has 1 fully saturated rings. The smallest absolute Gasteiger partial charge is 0.317 e. The van der Waals surface area contributed by atoms with Gasteiger partial charge < -0.3 is 5.73 Å². The Balaban J connectivity index is 2.41. The molecule has 4 nitrogen and oxygen atoms in total. The number of hydrogen-bond acceptors (Lipinski definition) is 3. The van der Waals surface area contributed by atoms with Crippen LogP contribution >= 0.6 is 0 Å². The fourth-order valence-corrected chi connectivity index (χ4v) is 2.08. The van der Waals surface area contributed by atoms with Gasteiger partial charge in [-0.1, -0.05) is 19.8 Å². The number of hydroxylamine groups is 1. The van der Waals surface area contributed by atoms with Crippen LogP contribution in [0.1, 0.15) is 32.6 Å². The largest absolute Gasteiger partial charge is 0.414 e. The standard InChI is InChI=1S/C10H17F3N2O2/c1-7-3-2-4-9(14,5-7)8(16)15-17-6-10(11,12)13/h7H,2-6,14H2,1H3,(H,15,16). The SMILES string of the molecule is CC1CCCC(N)(C(=O)NOCC(F)(F)F)C1. The minimum Gasteiger partial charge on any atom is -0.317 e. The van der Waals surface area contributed by atoms with E-state index in [1.807, 2.05) is 6.92 Å². The van der Waals surface area contributed by atoms with Crippen LogP contribution in [0.15, 0.2) is 0 Å². The Morgan fingerprint density at radius 1 is 1.59 bits per heavy atom. The number of halogens is 3. The summed E-state index contributed by atoms with van der Waals surface area (Å²) in [6, 6.07) is 0. The Labute approximate surface area is 97.6 Å². The molecule has 0 bridgehead atoms. The first kappa shape index (κ1) is 14.2. The Bertz CT molecular complexity index is 283. The van der Waals surface area contributed by atoms with Crippen LogP contribution < -0.4 is 11.2 Å². The summed E-state index contributed by atoms with van der Waals surface area (Å²) in [6.45, 7) is 0.453. The van der Waals surface area contributed by atoms with Gasteiger partial charge in [0.1, 0.15) is 0 Å². The Morgan fingerprint density at radius 3 is 2.76 bits per heavy atom. The molecule has 17 heavy (non-hydrogen) atoms. The highest BCUT2D eigenvalue weighted by Gasteiger charge is 2.38. The van der Waals surface area contributed by atoms with E-state index in [0.717, 1.165) is 12.8 Å². The fraction of sp³-hybridized carbons (Fsp3) is 0.900. The summed E-state index contributed by atoms with van der Waals surface area (Å²) in [5.41, 5.74) is 6.55. The zero-order valence-corrected chi connectivity index (χ0v) is 9.64. The van der Waals surface area contributed by atoms with Gasteiger partial charge in [0.15, 0.2) is 6.61 Å². The summed E-state index contributed by atoms with van der Waals surface area (Å²) >= 11 is 0. The molecule has 0 aromatic rings. The van der Waals surface area contributed by atoms with Crippen molar-refractivity contribution in [2.45, 2.75) is 44.3 Å². The summed E-state index contributed by atoms with van der Waals surface area (Å²) in [7, 11) is 0. The van der Waals surface area contributed by atoms with E-state index in [1.165, 1.54) is 0 Å². The third-order valence-electron chi connectivity index (χ3n) is 2.89. The second kappa shape index (κ2) is 5.22. The van der Waals surface area contributed by atoms with E-state index in [0.29, 0.717) is 18.8 Å². The average Bonchev–Trinajstić information content (AvgIpc) is 2.15. The van der Waals surface area contributed by atoms with E-state index in [-0.39, 0.29) is 0 Å². The van der Waals surface area contributed by atoms with E-state index < -0.39 is 24.2 Å². The summed E-state index contributed by atoms with van der Waals surface area (Å²) in [5, 5.41) is 0. The zero-order valence-electron chi connectivity index (χ0n) is 9.64. The minimum atomic E-state index is -4.46. The molecule has 7 heteroatoms. The van der Waals surface area contributed by atoms with Gasteiger partial charge in [-0.25, -0.2) is 5.48 Å². The topological polar surface area (TPSA) is 64.4 Å². The number of carbonyl (C=O) groups is 1. The van der Waals surface area contributed by atoms with Crippen LogP contribution in [0.2, 0.25) is 0 Å². The van der Waals surface area contributed by atoms with Crippen LogP contribution in [0.5, 0.6) is 0 Å². The van der Waals surface area contributed by atoms with Crippen molar-refractivity contribution in [1.29, 1.82) is 0 Å². The molecular weight excluding hydrogens is 237 g/mol. The molecule has 0 saturated heterocycles. The van der Waals surface area contributed by atoms with Gasteiger partial charge in [-0.3, -0.25) is 9.63 Å². The van der Waals surface area contributed by atoms with Gasteiger partial charge in [-0.2, -0.15) is 13.2 Å². The van der Waals surface area contributed by atoms with Gasteiger partial charge in [0.05, 0.1) is 5.54 Å². The second-order valence-electron chi connectivity index (χ2n) is 4.69. The molecule has 0 aromatic carbocycles. The third-order valence-corrected chi connectivity index (χ3v) is 2.89. The first-order valence-electron chi connectivity index (χ1n) is 5.51. The number of hydrogen-bond donors (Lipinski definition) is 2. The van der Waals surface area contributed by atoms with Crippen molar-refractivity contribution >= 4 is 5.91 Å². The first-order valence-corrected chi connectivity index (χ1v) is 5.51. The maximum absolute atomic E-state index is 11.8.